The highest BCUT2D eigenvalue weighted by atomic mass is 16.5. The number of fused-ring (bicyclic) bond motifs is 1. The highest BCUT2D eigenvalue weighted by Gasteiger charge is 2.40. The molecule has 0 bridgehead atoms. The van der Waals surface area contributed by atoms with Gasteiger partial charge in [-0.3, -0.25) is 0 Å². The van der Waals surface area contributed by atoms with Gasteiger partial charge in [0.2, 0.25) is 0 Å². The molecule has 1 aromatic carbocycles. The summed E-state index contributed by atoms with van der Waals surface area (Å²) in [5.41, 5.74) is 2.76. The van der Waals surface area contributed by atoms with E-state index in [2.05, 4.69) is 26.8 Å². The van der Waals surface area contributed by atoms with E-state index < -0.39 is 12.0 Å². The number of carboxylic acids is 1. The number of nitrogens with zero attached hydrogens (tertiary/aromatic N) is 1. The number of benzene rings is 1. The van der Waals surface area contributed by atoms with Crippen LogP contribution in [0.1, 0.15) is 40.2 Å². The van der Waals surface area contributed by atoms with Gasteiger partial charge in [0.1, 0.15) is 11.8 Å². The number of hydrogen-bond acceptors (Lipinski definition) is 3. The van der Waals surface area contributed by atoms with Gasteiger partial charge in [-0.05, 0) is 44.4 Å². The van der Waals surface area contributed by atoms with Crippen LogP contribution in [-0.4, -0.2) is 29.8 Å². The van der Waals surface area contributed by atoms with Crippen LogP contribution in [0.2, 0.25) is 0 Å². The summed E-state index contributed by atoms with van der Waals surface area (Å²) in [5, 5.41) is 9.75. The number of hydrogen-bond donors (Lipinski definition) is 1. The Labute approximate surface area is 132 Å². The summed E-state index contributed by atoms with van der Waals surface area (Å²) in [4.78, 5) is 13.9. The molecule has 22 heavy (non-hydrogen) atoms. The lowest BCUT2D eigenvalue weighted by molar-refractivity contribution is -0.140. The second-order valence-electron chi connectivity index (χ2n) is 6.76. The van der Waals surface area contributed by atoms with Gasteiger partial charge in [-0.1, -0.05) is 19.9 Å². The van der Waals surface area contributed by atoms with Crippen molar-refractivity contribution < 1.29 is 14.6 Å². The molecule has 0 aliphatic carbocycles. The Morgan fingerprint density at radius 3 is 2.45 bits per heavy atom. The normalized spacial score (nSPS) is 17.8. The van der Waals surface area contributed by atoms with Crippen LogP contribution in [0.4, 0.5) is 5.69 Å². The summed E-state index contributed by atoms with van der Waals surface area (Å²) in [6.45, 7) is 10.1. The van der Waals surface area contributed by atoms with Crippen molar-refractivity contribution in [3.8, 4) is 5.75 Å². The van der Waals surface area contributed by atoms with Crippen LogP contribution in [0.3, 0.4) is 0 Å². The van der Waals surface area contributed by atoms with Crippen LogP contribution in [0.25, 0.3) is 5.57 Å². The summed E-state index contributed by atoms with van der Waals surface area (Å²) in [5.74, 6) is -0.0745. The lowest BCUT2D eigenvalue weighted by Gasteiger charge is -2.47. The third kappa shape index (κ3) is 2.70. The third-order valence-electron chi connectivity index (χ3n) is 4.24. The molecule has 1 aromatic rings. The van der Waals surface area contributed by atoms with Gasteiger partial charge < -0.3 is 14.7 Å². The number of methoxy groups -OCH3 is 1. The van der Waals surface area contributed by atoms with Gasteiger partial charge in [0.05, 0.1) is 12.6 Å². The standard InChI is InChI=1S/C18H25NO3/c1-11(2)16(17(20)21)19-15-9-13(22-6)7-8-14(15)12(3)10-18(19,4)5/h7-11,16H,1-6H3,(H,20,21). The minimum Gasteiger partial charge on any atom is -0.497 e. The molecule has 0 amide bonds. The zero-order valence-electron chi connectivity index (χ0n) is 14.2. The number of ether oxygens (including phenoxy) is 1. The first-order valence-electron chi connectivity index (χ1n) is 7.59. The van der Waals surface area contributed by atoms with Crippen LogP contribution in [0.5, 0.6) is 5.75 Å². The number of rotatable bonds is 4. The molecule has 0 saturated heterocycles. The summed E-state index contributed by atoms with van der Waals surface area (Å²) in [6, 6.07) is 5.26. The maximum absolute atomic E-state index is 11.9. The molecular formula is C18H25NO3. The summed E-state index contributed by atoms with van der Waals surface area (Å²) in [7, 11) is 1.62. The van der Waals surface area contributed by atoms with Crippen molar-refractivity contribution in [1.29, 1.82) is 0 Å². The molecule has 1 unspecified atom stereocenters. The van der Waals surface area contributed by atoms with Crippen molar-refractivity contribution >= 4 is 17.2 Å². The van der Waals surface area contributed by atoms with Gasteiger partial charge in [-0.2, -0.15) is 0 Å². The fourth-order valence-electron chi connectivity index (χ4n) is 3.36. The van der Waals surface area contributed by atoms with Crippen LogP contribution in [0, 0.1) is 5.92 Å². The van der Waals surface area contributed by atoms with Crippen LogP contribution < -0.4 is 9.64 Å². The molecule has 1 N–H and O–H groups in total. The SMILES string of the molecule is COc1ccc2c(c1)N(C(C(=O)O)C(C)C)C(C)(C)C=C2C. The molecule has 0 spiro atoms. The van der Waals surface area contributed by atoms with Crippen LogP contribution in [0.15, 0.2) is 24.3 Å². The van der Waals surface area contributed by atoms with Crippen molar-refractivity contribution in [2.45, 2.75) is 46.2 Å². The number of carboxylic acid groups (broad SMARTS) is 1. The molecule has 4 nitrogen and oxygen atoms in total. The molecule has 1 aliphatic rings. The second kappa shape index (κ2) is 5.67. The largest absolute Gasteiger partial charge is 0.497 e. The van der Waals surface area contributed by atoms with E-state index in [1.165, 1.54) is 0 Å². The number of anilines is 1. The van der Waals surface area contributed by atoms with Crippen molar-refractivity contribution in [3.05, 3.63) is 29.8 Å². The highest BCUT2D eigenvalue weighted by molar-refractivity contribution is 5.87. The number of allylic oxidation sites excluding steroid dienone is 1. The van der Waals surface area contributed by atoms with E-state index in [0.29, 0.717) is 0 Å². The van der Waals surface area contributed by atoms with E-state index in [1.807, 2.05) is 36.9 Å². The van der Waals surface area contributed by atoms with Gasteiger partial charge in [0.15, 0.2) is 0 Å². The quantitative estimate of drug-likeness (QED) is 0.919. The minimum atomic E-state index is -0.801. The van der Waals surface area contributed by atoms with Gasteiger partial charge in [0, 0.05) is 17.3 Å². The lowest BCUT2D eigenvalue weighted by atomic mass is 9.85. The van der Waals surface area contributed by atoms with Gasteiger partial charge in [-0.15, -0.1) is 0 Å². The van der Waals surface area contributed by atoms with Crippen molar-refractivity contribution in [2.24, 2.45) is 5.92 Å². The van der Waals surface area contributed by atoms with E-state index in [-0.39, 0.29) is 11.5 Å². The molecule has 0 saturated carbocycles. The van der Waals surface area contributed by atoms with Crippen LogP contribution >= 0.6 is 0 Å². The molecule has 1 atom stereocenters. The maximum Gasteiger partial charge on any atom is 0.326 e. The predicted molar refractivity (Wildman–Crippen MR) is 89.5 cm³/mol. The van der Waals surface area contributed by atoms with Gasteiger partial charge >= 0.3 is 5.97 Å². The first-order valence-corrected chi connectivity index (χ1v) is 7.59. The molecule has 1 aliphatic heterocycles. The topological polar surface area (TPSA) is 49.8 Å². The molecule has 120 valence electrons. The first-order chi connectivity index (χ1) is 10.2. The Morgan fingerprint density at radius 1 is 1.32 bits per heavy atom. The summed E-state index contributed by atoms with van der Waals surface area (Å²) < 4.78 is 5.34. The fraction of sp³-hybridized carbons (Fsp3) is 0.500. The zero-order chi connectivity index (χ0) is 16.7. The Morgan fingerprint density at radius 2 is 1.95 bits per heavy atom. The first kappa shape index (κ1) is 16.4. The molecule has 0 radical (unpaired) electrons. The van der Waals surface area contributed by atoms with E-state index in [1.54, 1.807) is 7.11 Å². The highest BCUT2D eigenvalue weighted by Crippen LogP contribution is 2.42. The number of aliphatic carboxylic acids is 1. The van der Waals surface area contributed by atoms with Crippen LogP contribution in [-0.2, 0) is 4.79 Å². The molecule has 0 aromatic heterocycles. The zero-order valence-corrected chi connectivity index (χ0v) is 14.2. The third-order valence-corrected chi connectivity index (χ3v) is 4.24. The Balaban J connectivity index is 2.69. The van der Waals surface area contributed by atoms with E-state index in [9.17, 15) is 9.90 Å². The summed E-state index contributed by atoms with van der Waals surface area (Å²) in [6.07, 6.45) is 2.14. The van der Waals surface area contributed by atoms with Crippen molar-refractivity contribution in [1.82, 2.24) is 0 Å². The van der Waals surface area contributed by atoms with E-state index in [0.717, 1.165) is 22.6 Å². The molecule has 4 heteroatoms. The molecule has 1 heterocycles. The Bertz CT molecular complexity index is 617. The second-order valence-corrected chi connectivity index (χ2v) is 6.76. The van der Waals surface area contributed by atoms with E-state index >= 15 is 0 Å². The lowest BCUT2D eigenvalue weighted by Crippen LogP contribution is -2.56. The van der Waals surface area contributed by atoms with Crippen molar-refractivity contribution in [3.63, 3.8) is 0 Å². The Kier molecular flexibility index (Phi) is 4.23. The summed E-state index contributed by atoms with van der Waals surface area (Å²) >= 11 is 0. The van der Waals surface area contributed by atoms with Crippen molar-refractivity contribution in [2.75, 3.05) is 12.0 Å². The molecular weight excluding hydrogens is 278 g/mol. The Hall–Kier alpha value is -1.97. The fourth-order valence-corrected chi connectivity index (χ4v) is 3.36. The van der Waals surface area contributed by atoms with E-state index in [4.69, 9.17) is 4.74 Å². The molecule has 0 fully saturated rings. The minimum absolute atomic E-state index is 0.0115. The molecule has 2 rings (SSSR count). The van der Waals surface area contributed by atoms with Gasteiger partial charge in [-0.25, -0.2) is 4.79 Å². The average molecular weight is 303 g/mol. The monoisotopic (exact) mass is 303 g/mol. The smallest absolute Gasteiger partial charge is 0.326 e. The maximum atomic E-state index is 11.9. The predicted octanol–water partition coefficient (Wildman–Crippen LogP) is 3.81. The number of carbonyl (C=O) groups is 1. The van der Waals surface area contributed by atoms with Gasteiger partial charge in [0.25, 0.3) is 0 Å². The average Bonchev–Trinajstić information content (AvgIpc) is 2.41.